The number of rotatable bonds is 3. The van der Waals surface area contributed by atoms with Gasteiger partial charge in [-0.25, -0.2) is 14.4 Å². The Morgan fingerprint density at radius 1 is 1.43 bits per heavy atom. The summed E-state index contributed by atoms with van der Waals surface area (Å²) in [6.45, 7) is 0. The van der Waals surface area contributed by atoms with Crippen LogP contribution in [0.3, 0.4) is 0 Å². The smallest absolute Gasteiger partial charge is 0.223 e. The molecule has 1 aromatic heterocycles. The first-order valence-electron chi connectivity index (χ1n) is 4.56. The first-order chi connectivity index (χ1) is 6.74. The number of hydrogen-bond donors (Lipinski definition) is 1. The zero-order chi connectivity index (χ0) is 10.0. The second kappa shape index (κ2) is 3.69. The predicted octanol–water partition coefficient (Wildman–Crippen LogP) is 2.19. The zero-order valence-electron chi connectivity index (χ0n) is 7.63. The van der Waals surface area contributed by atoms with Gasteiger partial charge in [0, 0.05) is 5.88 Å². The fraction of sp³-hybridized carbons (Fsp3) is 0.556. The van der Waals surface area contributed by atoms with Crippen LogP contribution in [0.15, 0.2) is 12.4 Å². The van der Waals surface area contributed by atoms with Crippen molar-refractivity contribution < 1.29 is 4.39 Å². The highest BCUT2D eigenvalue weighted by Gasteiger charge is 2.36. The molecule has 0 aromatic carbocycles. The summed E-state index contributed by atoms with van der Waals surface area (Å²) < 4.78 is 12.5. The predicted molar refractivity (Wildman–Crippen MR) is 52.9 cm³/mol. The molecule has 1 aliphatic carbocycles. The Morgan fingerprint density at radius 2 is 2.07 bits per heavy atom. The van der Waals surface area contributed by atoms with Gasteiger partial charge in [-0.15, -0.1) is 11.6 Å². The van der Waals surface area contributed by atoms with Crippen molar-refractivity contribution in [2.24, 2.45) is 0 Å². The van der Waals surface area contributed by atoms with Gasteiger partial charge in [-0.2, -0.15) is 0 Å². The van der Waals surface area contributed by atoms with Crippen molar-refractivity contribution in [3.8, 4) is 0 Å². The van der Waals surface area contributed by atoms with E-state index in [2.05, 4.69) is 15.3 Å². The Bertz CT molecular complexity index is 305. The molecule has 5 heteroatoms. The third-order valence-corrected chi connectivity index (χ3v) is 3.08. The van der Waals surface area contributed by atoms with Crippen molar-refractivity contribution in [1.82, 2.24) is 9.97 Å². The van der Waals surface area contributed by atoms with Crippen molar-refractivity contribution in [2.75, 3.05) is 11.2 Å². The van der Waals surface area contributed by atoms with Gasteiger partial charge in [0.1, 0.15) is 0 Å². The summed E-state index contributed by atoms with van der Waals surface area (Å²) >= 11 is 5.85. The van der Waals surface area contributed by atoms with Crippen LogP contribution in [0.1, 0.15) is 19.3 Å². The SMILES string of the molecule is Fc1cnc(NC2(CCl)CCC2)nc1. The van der Waals surface area contributed by atoms with Crippen LogP contribution in [0, 0.1) is 5.82 Å². The topological polar surface area (TPSA) is 37.8 Å². The van der Waals surface area contributed by atoms with Crippen LogP contribution in [0.2, 0.25) is 0 Å². The maximum Gasteiger partial charge on any atom is 0.223 e. The fourth-order valence-electron chi connectivity index (χ4n) is 1.51. The lowest BCUT2D eigenvalue weighted by Gasteiger charge is -2.40. The second-order valence-corrected chi connectivity index (χ2v) is 3.88. The number of alkyl halides is 1. The molecule has 3 nitrogen and oxygen atoms in total. The highest BCUT2D eigenvalue weighted by Crippen LogP contribution is 2.35. The summed E-state index contributed by atoms with van der Waals surface area (Å²) in [5, 5.41) is 3.15. The lowest BCUT2D eigenvalue weighted by atomic mass is 9.78. The average Bonchev–Trinajstić information content (AvgIpc) is 2.15. The highest BCUT2D eigenvalue weighted by molar-refractivity contribution is 6.18. The Labute approximate surface area is 86.7 Å². The molecule has 0 radical (unpaired) electrons. The minimum atomic E-state index is -0.427. The van der Waals surface area contributed by atoms with Crippen LogP contribution in [-0.4, -0.2) is 21.4 Å². The minimum Gasteiger partial charge on any atom is -0.348 e. The number of aromatic nitrogens is 2. The molecule has 0 spiro atoms. The third-order valence-electron chi connectivity index (χ3n) is 2.56. The monoisotopic (exact) mass is 215 g/mol. The van der Waals surface area contributed by atoms with Gasteiger partial charge in [0.05, 0.1) is 17.9 Å². The second-order valence-electron chi connectivity index (χ2n) is 3.62. The zero-order valence-corrected chi connectivity index (χ0v) is 8.39. The van der Waals surface area contributed by atoms with Gasteiger partial charge in [0.25, 0.3) is 0 Å². The molecule has 0 amide bonds. The van der Waals surface area contributed by atoms with Gasteiger partial charge < -0.3 is 5.32 Å². The van der Waals surface area contributed by atoms with E-state index in [1.807, 2.05) is 0 Å². The maximum atomic E-state index is 12.5. The molecule has 0 saturated heterocycles. The lowest BCUT2D eigenvalue weighted by molar-refractivity contribution is 0.309. The summed E-state index contributed by atoms with van der Waals surface area (Å²) in [5.74, 6) is 0.559. The Balaban J connectivity index is 2.06. The summed E-state index contributed by atoms with van der Waals surface area (Å²) in [6.07, 6.45) is 5.52. The van der Waals surface area contributed by atoms with Crippen LogP contribution < -0.4 is 5.32 Å². The Kier molecular flexibility index (Phi) is 2.54. The molecule has 1 aliphatic rings. The van der Waals surface area contributed by atoms with E-state index in [0.717, 1.165) is 25.2 Å². The van der Waals surface area contributed by atoms with E-state index in [9.17, 15) is 4.39 Å². The van der Waals surface area contributed by atoms with E-state index in [4.69, 9.17) is 11.6 Å². The molecule has 0 aliphatic heterocycles. The first-order valence-corrected chi connectivity index (χ1v) is 5.09. The number of nitrogens with zero attached hydrogens (tertiary/aromatic N) is 2. The van der Waals surface area contributed by atoms with E-state index >= 15 is 0 Å². The normalized spacial score (nSPS) is 18.7. The van der Waals surface area contributed by atoms with Gasteiger partial charge in [0.15, 0.2) is 5.82 Å². The number of nitrogens with one attached hydrogen (secondary N) is 1. The number of anilines is 1. The van der Waals surface area contributed by atoms with Crippen LogP contribution in [0.4, 0.5) is 10.3 Å². The quantitative estimate of drug-likeness (QED) is 0.786. The molecule has 76 valence electrons. The van der Waals surface area contributed by atoms with Crippen molar-refractivity contribution >= 4 is 17.5 Å². The molecule has 1 heterocycles. The van der Waals surface area contributed by atoms with Crippen LogP contribution in [0.25, 0.3) is 0 Å². The maximum absolute atomic E-state index is 12.5. The molecule has 2 rings (SSSR count). The summed E-state index contributed by atoms with van der Waals surface area (Å²) in [7, 11) is 0. The minimum absolute atomic E-state index is 0.0701. The van der Waals surface area contributed by atoms with E-state index < -0.39 is 5.82 Å². The molecular weight excluding hydrogens is 205 g/mol. The van der Waals surface area contributed by atoms with Crippen molar-refractivity contribution in [1.29, 1.82) is 0 Å². The molecule has 14 heavy (non-hydrogen) atoms. The third kappa shape index (κ3) is 1.80. The van der Waals surface area contributed by atoms with E-state index in [1.165, 1.54) is 6.42 Å². The van der Waals surface area contributed by atoms with Crippen LogP contribution >= 0.6 is 11.6 Å². The Morgan fingerprint density at radius 3 is 2.50 bits per heavy atom. The van der Waals surface area contributed by atoms with Gasteiger partial charge in [-0.3, -0.25) is 0 Å². The highest BCUT2D eigenvalue weighted by atomic mass is 35.5. The number of halogens is 2. The molecular formula is C9H11ClFN3. The Hall–Kier alpha value is -0.900. The van der Waals surface area contributed by atoms with Crippen molar-refractivity contribution in [3.05, 3.63) is 18.2 Å². The summed E-state index contributed by atoms with van der Waals surface area (Å²) in [6, 6.07) is 0. The number of hydrogen-bond acceptors (Lipinski definition) is 3. The molecule has 0 unspecified atom stereocenters. The van der Waals surface area contributed by atoms with Crippen molar-refractivity contribution in [2.45, 2.75) is 24.8 Å². The average molecular weight is 216 g/mol. The summed E-state index contributed by atoms with van der Waals surface area (Å²) in [5.41, 5.74) is -0.0701. The van der Waals surface area contributed by atoms with Crippen LogP contribution in [0.5, 0.6) is 0 Å². The lowest BCUT2D eigenvalue weighted by Crippen LogP contribution is -2.47. The molecule has 1 saturated carbocycles. The van der Waals surface area contributed by atoms with Gasteiger partial charge in [-0.1, -0.05) is 0 Å². The largest absolute Gasteiger partial charge is 0.348 e. The van der Waals surface area contributed by atoms with Crippen molar-refractivity contribution in [3.63, 3.8) is 0 Å². The molecule has 1 fully saturated rings. The first kappa shape index (κ1) is 9.65. The van der Waals surface area contributed by atoms with Gasteiger partial charge in [0.2, 0.25) is 5.95 Å². The molecule has 1 N–H and O–H groups in total. The molecule has 0 atom stereocenters. The van der Waals surface area contributed by atoms with E-state index in [0.29, 0.717) is 11.8 Å². The van der Waals surface area contributed by atoms with Crippen LogP contribution in [-0.2, 0) is 0 Å². The standard InChI is InChI=1S/C9H11ClFN3/c10-6-9(2-1-3-9)14-8-12-4-7(11)5-13-8/h4-5H,1-3,6H2,(H,12,13,14). The molecule has 0 bridgehead atoms. The summed E-state index contributed by atoms with van der Waals surface area (Å²) in [4.78, 5) is 7.67. The fourth-order valence-corrected chi connectivity index (χ4v) is 1.84. The van der Waals surface area contributed by atoms with Gasteiger partial charge >= 0.3 is 0 Å². The molecule has 1 aromatic rings. The van der Waals surface area contributed by atoms with E-state index in [1.54, 1.807) is 0 Å². The van der Waals surface area contributed by atoms with Gasteiger partial charge in [-0.05, 0) is 19.3 Å². The van der Waals surface area contributed by atoms with E-state index in [-0.39, 0.29) is 5.54 Å².